The Kier molecular flexibility index (Phi) is 3.25. The summed E-state index contributed by atoms with van der Waals surface area (Å²) in [5, 5.41) is 0.950. The van der Waals surface area contributed by atoms with Crippen LogP contribution in [0.1, 0.15) is 16.1 Å². The van der Waals surface area contributed by atoms with Gasteiger partial charge in [-0.25, -0.2) is 0 Å². The molecule has 0 saturated carbocycles. The molecule has 3 nitrogen and oxygen atoms in total. The number of Topliss-reactive ketones (excluding diaryl/α,β-unsaturated/α-hetero) is 1. The maximum atomic E-state index is 12.2. The molecule has 0 amide bonds. The van der Waals surface area contributed by atoms with Crippen molar-refractivity contribution in [3.63, 3.8) is 0 Å². The summed E-state index contributed by atoms with van der Waals surface area (Å²) in [7, 11) is 1.62. The number of methoxy groups -OCH3 is 1. The van der Waals surface area contributed by atoms with E-state index < -0.39 is 0 Å². The Bertz CT molecular complexity index is 705. The molecule has 0 aliphatic rings. The van der Waals surface area contributed by atoms with Crippen molar-refractivity contribution in [2.45, 2.75) is 6.42 Å². The first-order valence-electron chi connectivity index (χ1n) is 6.41. The number of furan rings is 1. The number of ether oxygens (including phenoxy) is 1. The highest BCUT2D eigenvalue weighted by Crippen LogP contribution is 2.20. The third kappa shape index (κ3) is 2.43. The van der Waals surface area contributed by atoms with Crippen LogP contribution in [-0.4, -0.2) is 12.9 Å². The van der Waals surface area contributed by atoms with Crippen LogP contribution in [-0.2, 0) is 6.42 Å². The topological polar surface area (TPSA) is 39.4 Å². The van der Waals surface area contributed by atoms with Crippen LogP contribution in [0.4, 0.5) is 0 Å². The number of benzene rings is 2. The first-order valence-corrected chi connectivity index (χ1v) is 6.41. The third-order valence-electron chi connectivity index (χ3n) is 3.22. The number of rotatable bonds is 4. The Labute approximate surface area is 116 Å². The van der Waals surface area contributed by atoms with Gasteiger partial charge >= 0.3 is 0 Å². The number of carbonyl (C=O) groups excluding carboxylic acids is 1. The molecular formula is C17H14O3. The van der Waals surface area contributed by atoms with Crippen LogP contribution in [0.15, 0.2) is 59.0 Å². The number of para-hydroxylation sites is 1. The van der Waals surface area contributed by atoms with Crippen LogP contribution >= 0.6 is 0 Å². The standard InChI is InChI=1S/C17H14O3/c1-19-14-8-6-12(7-9-14)10-15(18)17-11-13-4-2-3-5-16(13)20-17/h2-9,11H,10H2,1H3. The smallest absolute Gasteiger partial charge is 0.202 e. The first-order chi connectivity index (χ1) is 9.76. The van der Waals surface area contributed by atoms with Gasteiger partial charge in [0, 0.05) is 11.8 Å². The highest BCUT2D eigenvalue weighted by molar-refractivity contribution is 5.98. The van der Waals surface area contributed by atoms with Gasteiger partial charge in [-0.05, 0) is 29.8 Å². The molecule has 0 unspecified atom stereocenters. The van der Waals surface area contributed by atoms with Crippen molar-refractivity contribution in [3.05, 3.63) is 65.9 Å². The monoisotopic (exact) mass is 266 g/mol. The minimum Gasteiger partial charge on any atom is -0.497 e. The SMILES string of the molecule is COc1ccc(CC(=O)c2cc3ccccc3o2)cc1. The van der Waals surface area contributed by atoms with E-state index in [0.29, 0.717) is 12.2 Å². The van der Waals surface area contributed by atoms with Crippen molar-refractivity contribution < 1.29 is 13.9 Å². The van der Waals surface area contributed by atoms with Crippen molar-refractivity contribution in [1.29, 1.82) is 0 Å². The van der Waals surface area contributed by atoms with E-state index in [1.54, 1.807) is 13.2 Å². The van der Waals surface area contributed by atoms with Gasteiger partial charge in [-0.1, -0.05) is 30.3 Å². The zero-order valence-electron chi connectivity index (χ0n) is 11.1. The Morgan fingerprint density at radius 3 is 2.55 bits per heavy atom. The second-order valence-electron chi connectivity index (χ2n) is 4.60. The van der Waals surface area contributed by atoms with Crippen LogP contribution in [0.2, 0.25) is 0 Å². The fourth-order valence-corrected chi connectivity index (χ4v) is 2.14. The molecule has 0 atom stereocenters. The lowest BCUT2D eigenvalue weighted by atomic mass is 10.1. The summed E-state index contributed by atoms with van der Waals surface area (Å²) < 4.78 is 10.7. The van der Waals surface area contributed by atoms with Gasteiger partial charge in [-0.15, -0.1) is 0 Å². The molecule has 0 saturated heterocycles. The van der Waals surface area contributed by atoms with E-state index in [1.807, 2.05) is 48.5 Å². The first kappa shape index (κ1) is 12.5. The summed E-state index contributed by atoms with van der Waals surface area (Å²) in [6.07, 6.45) is 0.323. The normalized spacial score (nSPS) is 10.7. The molecule has 3 rings (SSSR count). The van der Waals surface area contributed by atoms with Gasteiger partial charge in [0.15, 0.2) is 5.76 Å². The van der Waals surface area contributed by atoms with Crippen LogP contribution in [0.5, 0.6) is 5.75 Å². The van der Waals surface area contributed by atoms with E-state index in [4.69, 9.17) is 9.15 Å². The van der Waals surface area contributed by atoms with Gasteiger partial charge in [0.05, 0.1) is 7.11 Å². The molecule has 0 N–H and O–H groups in total. The second-order valence-corrected chi connectivity index (χ2v) is 4.60. The van der Waals surface area contributed by atoms with E-state index >= 15 is 0 Å². The van der Waals surface area contributed by atoms with Gasteiger partial charge in [0.1, 0.15) is 11.3 Å². The number of ketones is 1. The summed E-state index contributed by atoms with van der Waals surface area (Å²) in [6.45, 7) is 0. The number of carbonyl (C=O) groups is 1. The Morgan fingerprint density at radius 2 is 1.85 bits per heavy atom. The molecule has 0 spiro atoms. The summed E-state index contributed by atoms with van der Waals surface area (Å²) >= 11 is 0. The molecule has 2 aromatic carbocycles. The predicted octanol–water partition coefficient (Wildman–Crippen LogP) is 3.87. The molecule has 0 radical (unpaired) electrons. The molecule has 3 aromatic rings. The molecule has 100 valence electrons. The Morgan fingerprint density at radius 1 is 1.10 bits per heavy atom. The average Bonchev–Trinajstić information content (AvgIpc) is 2.92. The van der Waals surface area contributed by atoms with E-state index in [2.05, 4.69) is 0 Å². The van der Waals surface area contributed by atoms with Crippen LogP contribution in [0, 0.1) is 0 Å². The van der Waals surface area contributed by atoms with Crippen molar-refractivity contribution in [1.82, 2.24) is 0 Å². The highest BCUT2D eigenvalue weighted by atomic mass is 16.5. The molecule has 0 aliphatic heterocycles. The maximum Gasteiger partial charge on any atom is 0.202 e. The fourth-order valence-electron chi connectivity index (χ4n) is 2.14. The molecule has 1 heterocycles. The summed E-state index contributed by atoms with van der Waals surface area (Å²) in [4.78, 5) is 12.2. The summed E-state index contributed by atoms with van der Waals surface area (Å²) in [5.41, 5.74) is 1.68. The van der Waals surface area contributed by atoms with E-state index in [0.717, 1.165) is 22.3 Å². The quantitative estimate of drug-likeness (QED) is 0.673. The minimum absolute atomic E-state index is 0.0219. The minimum atomic E-state index is -0.0219. The lowest BCUT2D eigenvalue weighted by Gasteiger charge is -2.01. The van der Waals surface area contributed by atoms with Crippen molar-refractivity contribution in [3.8, 4) is 5.75 Å². The fraction of sp³-hybridized carbons (Fsp3) is 0.118. The van der Waals surface area contributed by atoms with Crippen LogP contribution in [0.3, 0.4) is 0 Å². The zero-order chi connectivity index (χ0) is 13.9. The zero-order valence-corrected chi connectivity index (χ0v) is 11.1. The highest BCUT2D eigenvalue weighted by Gasteiger charge is 2.12. The molecule has 1 aromatic heterocycles. The molecular weight excluding hydrogens is 252 g/mol. The lowest BCUT2D eigenvalue weighted by Crippen LogP contribution is -2.01. The molecule has 0 fully saturated rings. The summed E-state index contributed by atoms with van der Waals surface area (Å²) in [6, 6.07) is 16.9. The van der Waals surface area contributed by atoms with Gasteiger partial charge in [-0.2, -0.15) is 0 Å². The lowest BCUT2D eigenvalue weighted by molar-refractivity contribution is 0.0968. The second kappa shape index (κ2) is 5.21. The van der Waals surface area contributed by atoms with Gasteiger partial charge < -0.3 is 9.15 Å². The molecule has 0 aliphatic carbocycles. The van der Waals surface area contributed by atoms with Crippen molar-refractivity contribution >= 4 is 16.8 Å². The van der Waals surface area contributed by atoms with Gasteiger partial charge in [0.25, 0.3) is 0 Å². The Balaban J connectivity index is 1.81. The van der Waals surface area contributed by atoms with Crippen LogP contribution < -0.4 is 4.74 Å². The number of hydrogen-bond donors (Lipinski definition) is 0. The van der Waals surface area contributed by atoms with Crippen molar-refractivity contribution in [2.75, 3.05) is 7.11 Å². The van der Waals surface area contributed by atoms with Crippen LogP contribution in [0.25, 0.3) is 11.0 Å². The van der Waals surface area contributed by atoms with Crippen molar-refractivity contribution in [2.24, 2.45) is 0 Å². The van der Waals surface area contributed by atoms with E-state index in [1.165, 1.54) is 0 Å². The maximum absolute atomic E-state index is 12.2. The van der Waals surface area contributed by atoms with Gasteiger partial charge in [-0.3, -0.25) is 4.79 Å². The molecule has 20 heavy (non-hydrogen) atoms. The van der Waals surface area contributed by atoms with Gasteiger partial charge in [0.2, 0.25) is 5.78 Å². The summed E-state index contributed by atoms with van der Waals surface area (Å²) in [5.74, 6) is 1.17. The molecule has 3 heteroatoms. The van der Waals surface area contributed by atoms with E-state index in [-0.39, 0.29) is 5.78 Å². The number of fused-ring (bicyclic) bond motifs is 1. The number of hydrogen-bond acceptors (Lipinski definition) is 3. The third-order valence-corrected chi connectivity index (χ3v) is 3.22. The largest absolute Gasteiger partial charge is 0.497 e. The average molecular weight is 266 g/mol. The predicted molar refractivity (Wildman–Crippen MR) is 77.2 cm³/mol. The molecule has 0 bridgehead atoms. The van der Waals surface area contributed by atoms with E-state index in [9.17, 15) is 4.79 Å². The Hall–Kier alpha value is -2.55.